The van der Waals surface area contributed by atoms with Crippen LogP contribution in [0, 0.1) is 22.7 Å². The van der Waals surface area contributed by atoms with E-state index in [9.17, 15) is 10.5 Å². The van der Waals surface area contributed by atoms with E-state index in [1.165, 1.54) is 21.5 Å². The van der Waals surface area contributed by atoms with Crippen molar-refractivity contribution in [3.63, 3.8) is 0 Å². The van der Waals surface area contributed by atoms with Crippen LogP contribution in [-0.4, -0.2) is 17.6 Å². The molecular weight excluding hydrogens is 577 g/mol. The van der Waals surface area contributed by atoms with E-state index >= 15 is 0 Å². The van der Waals surface area contributed by atoms with Crippen molar-refractivity contribution in [2.75, 3.05) is 0 Å². The molecule has 9 rings (SSSR count). The first-order chi connectivity index (χ1) is 22.7. The van der Waals surface area contributed by atoms with Crippen molar-refractivity contribution < 1.29 is 0 Å². The molecule has 5 heteroatoms. The van der Waals surface area contributed by atoms with Gasteiger partial charge in [0.1, 0.15) is 5.82 Å². The normalized spacial score (nSPS) is 12.9. The summed E-state index contributed by atoms with van der Waals surface area (Å²) in [4.78, 5) is 5.50. The number of aromatic nitrogens is 2. The third kappa shape index (κ3) is 3.43. The third-order valence-electron chi connectivity index (χ3n) is 9.49. The van der Waals surface area contributed by atoms with Gasteiger partial charge in [-0.2, -0.15) is 10.5 Å². The molecule has 1 aromatic heterocycles. The van der Waals surface area contributed by atoms with Crippen molar-refractivity contribution >= 4 is 28.8 Å². The van der Waals surface area contributed by atoms with Gasteiger partial charge in [-0.05, 0) is 68.3 Å². The van der Waals surface area contributed by atoms with Crippen molar-refractivity contribution in [1.82, 2.24) is 9.55 Å². The van der Waals surface area contributed by atoms with E-state index in [0.717, 1.165) is 50.0 Å². The Morgan fingerprint density at radius 1 is 0.500 bits per heavy atom. The van der Waals surface area contributed by atoms with Crippen LogP contribution in [-0.2, 0) is 0 Å². The molecule has 3 heterocycles. The predicted octanol–water partition coefficient (Wildman–Crippen LogP) is 6.29. The number of benzene rings is 6. The lowest BCUT2D eigenvalue weighted by molar-refractivity contribution is 1.07. The van der Waals surface area contributed by atoms with E-state index in [0.29, 0.717) is 11.1 Å². The van der Waals surface area contributed by atoms with E-state index in [4.69, 9.17) is 4.98 Å². The van der Waals surface area contributed by atoms with Gasteiger partial charge in [-0.15, -0.1) is 0 Å². The summed E-state index contributed by atoms with van der Waals surface area (Å²) in [7, 11) is -3.09. The smallest absolute Gasteiger partial charge is 0.182 e. The van der Waals surface area contributed by atoms with Crippen molar-refractivity contribution in [1.29, 1.82) is 10.5 Å². The van der Waals surface area contributed by atoms with Crippen LogP contribution in [0.25, 0.3) is 50.7 Å². The van der Waals surface area contributed by atoms with Gasteiger partial charge in [0.15, 0.2) is 8.07 Å². The van der Waals surface area contributed by atoms with E-state index in [-0.39, 0.29) is 0 Å². The second-order valence-electron chi connectivity index (χ2n) is 11.8. The molecule has 0 amide bonds. The molecule has 6 aromatic carbocycles. The average Bonchev–Trinajstić information content (AvgIpc) is 3.64. The molecule has 0 N–H and O–H groups in total. The maximum Gasteiger partial charge on any atom is 0.182 e. The summed E-state index contributed by atoms with van der Waals surface area (Å²) in [6.45, 7) is 0. The lowest BCUT2D eigenvalue weighted by Gasteiger charge is -2.33. The molecule has 0 atom stereocenters. The highest BCUT2D eigenvalue weighted by Gasteiger charge is 2.53. The van der Waals surface area contributed by atoms with Gasteiger partial charge in [0.25, 0.3) is 0 Å². The molecule has 2 aliphatic rings. The fourth-order valence-corrected chi connectivity index (χ4v) is 13.3. The molecule has 46 heavy (non-hydrogen) atoms. The van der Waals surface area contributed by atoms with Crippen LogP contribution in [0.4, 0.5) is 0 Å². The van der Waals surface area contributed by atoms with Crippen LogP contribution >= 0.6 is 0 Å². The SMILES string of the molecule is N#Cc1ccc2c(c1)[Si]1(c3ccccc3-c3ccccc31)c1cc(C#N)ccc1-c1c-2nc(-c2ccccc2)n1-c1ccccc1. The van der Waals surface area contributed by atoms with Gasteiger partial charge in [0, 0.05) is 22.4 Å². The number of hydrogen-bond donors (Lipinski definition) is 0. The summed E-state index contributed by atoms with van der Waals surface area (Å²) in [6.07, 6.45) is 0. The standard InChI is InChI=1S/C41H24N4Si/c42-25-27-19-21-33-37(23-27)46(35-17-9-7-15-31(35)32-16-8-10-18-36(32)46)38-24-28(26-43)20-22-34(38)40-39(33)44-41(29-11-3-1-4-12-29)45(40)30-13-5-2-6-14-30/h1-24H. The maximum absolute atomic E-state index is 10.3. The summed E-state index contributed by atoms with van der Waals surface area (Å²) >= 11 is 0. The van der Waals surface area contributed by atoms with Crippen LogP contribution in [0.3, 0.4) is 0 Å². The zero-order chi connectivity index (χ0) is 30.8. The first kappa shape index (κ1) is 26.2. The topological polar surface area (TPSA) is 65.4 Å². The Kier molecular flexibility index (Phi) is 5.61. The average molecular weight is 601 g/mol. The van der Waals surface area contributed by atoms with Gasteiger partial charge in [-0.3, -0.25) is 4.57 Å². The van der Waals surface area contributed by atoms with Crippen molar-refractivity contribution in [2.45, 2.75) is 0 Å². The summed E-state index contributed by atoms with van der Waals surface area (Å²) < 4.78 is 2.28. The van der Waals surface area contributed by atoms with E-state index in [1.54, 1.807) is 0 Å². The van der Waals surface area contributed by atoms with Gasteiger partial charge in [-0.25, -0.2) is 4.98 Å². The third-order valence-corrected chi connectivity index (χ3v) is 14.4. The Labute approximate surface area is 267 Å². The number of fused-ring (bicyclic) bond motifs is 12. The molecule has 0 saturated heterocycles. The highest BCUT2D eigenvalue weighted by molar-refractivity contribution is 7.23. The van der Waals surface area contributed by atoms with E-state index in [1.807, 2.05) is 36.4 Å². The van der Waals surface area contributed by atoms with Crippen LogP contribution in [0.1, 0.15) is 11.1 Å². The van der Waals surface area contributed by atoms with Gasteiger partial charge in [0.05, 0.1) is 34.7 Å². The van der Waals surface area contributed by atoms with Gasteiger partial charge < -0.3 is 0 Å². The van der Waals surface area contributed by atoms with Gasteiger partial charge in [0.2, 0.25) is 0 Å². The van der Waals surface area contributed by atoms with Crippen LogP contribution < -0.4 is 20.7 Å². The molecule has 4 nitrogen and oxygen atoms in total. The quantitative estimate of drug-likeness (QED) is 0.219. The minimum atomic E-state index is -3.09. The molecule has 0 fully saturated rings. The molecule has 0 saturated carbocycles. The van der Waals surface area contributed by atoms with Crippen LogP contribution in [0.15, 0.2) is 146 Å². The summed E-state index contributed by atoms with van der Waals surface area (Å²) in [6, 6.07) is 55.2. The van der Waals surface area contributed by atoms with E-state index < -0.39 is 8.07 Å². The van der Waals surface area contributed by atoms with Crippen molar-refractivity contribution in [2.24, 2.45) is 0 Å². The fourth-order valence-electron chi connectivity index (χ4n) is 7.69. The summed E-state index contributed by atoms with van der Waals surface area (Å²) in [5.74, 6) is 0.840. The summed E-state index contributed by atoms with van der Waals surface area (Å²) in [5, 5.41) is 25.3. The highest BCUT2D eigenvalue weighted by Crippen LogP contribution is 2.42. The summed E-state index contributed by atoms with van der Waals surface area (Å²) in [5.41, 5.74) is 9.60. The molecule has 0 radical (unpaired) electrons. The van der Waals surface area contributed by atoms with Gasteiger partial charge in [-0.1, -0.05) is 109 Å². The fraction of sp³-hybridized carbons (Fsp3) is 0. The maximum atomic E-state index is 10.3. The number of nitriles is 2. The molecule has 0 bridgehead atoms. The zero-order valence-corrected chi connectivity index (χ0v) is 25.6. The first-order valence-corrected chi connectivity index (χ1v) is 17.3. The van der Waals surface area contributed by atoms with E-state index in [2.05, 4.69) is 126 Å². The van der Waals surface area contributed by atoms with Crippen LogP contribution in [0.2, 0.25) is 0 Å². The van der Waals surface area contributed by atoms with Crippen molar-refractivity contribution in [3.8, 4) is 62.9 Å². The lowest BCUT2D eigenvalue weighted by Crippen LogP contribution is -2.73. The highest BCUT2D eigenvalue weighted by atomic mass is 28.3. The molecule has 1 spiro atoms. The molecule has 0 aliphatic carbocycles. The number of hydrogen-bond acceptors (Lipinski definition) is 3. The number of rotatable bonds is 2. The minimum absolute atomic E-state index is 0.611. The first-order valence-electron chi connectivity index (χ1n) is 15.3. The molecule has 2 aliphatic heterocycles. The number of imidazole rings is 1. The number of para-hydroxylation sites is 1. The Morgan fingerprint density at radius 3 is 1.63 bits per heavy atom. The second-order valence-corrected chi connectivity index (χ2v) is 15.4. The molecular formula is C41H24N4Si. The lowest BCUT2D eigenvalue weighted by atomic mass is 10.0. The van der Waals surface area contributed by atoms with Gasteiger partial charge >= 0.3 is 0 Å². The molecule has 212 valence electrons. The monoisotopic (exact) mass is 600 g/mol. The largest absolute Gasteiger partial charge is 0.292 e. The predicted molar refractivity (Wildman–Crippen MR) is 185 cm³/mol. The Bertz CT molecular complexity index is 2400. The van der Waals surface area contributed by atoms with Crippen LogP contribution in [0.5, 0.6) is 0 Å². The molecule has 0 unspecified atom stereocenters. The minimum Gasteiger partial charge on any atom is -0.292 e. The Balaban J connectivity index is 1.54. The number of nitrogens with zero attached hydrogens (tertiary/aromatic N) is 4. The van der Waals surface area contributed by atoms with Crippen molar-refractivity contribution in [3.05, 3.63) is 157 Å². The Hall–Kier alpha value is -6.27. The Morgan fingerprint density at radius 2 is 1.02 bits per heavy atom. The zero-order valence-electron chi connectivity index (χ0n) is 24.6. The second kappa shape index (κ2) is 9.87. The molecule has 7 aromatic rings.